The van der Waals surface area contributed by atoms with Gasteiger partial charge in [-0.25, -0.2) is 5.01 Å². The zero-order valence-electron chi connectivity index (χ0n) is 16.1. The molecule has 0 unspecified atom stereocenters. The number of nitro benzene ring substituents is 3. The van der Waals surface area contributed by atoms with Gasteiger partial charge in [-0.3, -0.25) is 30.3 Å². The van der Waals surface area contributed by atoms with E-state index in [1.807, 2.05) is 0 Å². The molecule has 11 nitrogen and oxygen atoms in total. The van der Waals surface area contributed by atoms with Crippen molar-refractivity contribution in [2.24, 2.45) is 0 Å². The highest BCUT2D eigenvalue weighted by Gasteiger charge is 2.35. The van der Waals surface area contributed by atoms with E-state index >= 15 is 0 Å². The van der Waals surface area contributed by atoms with Crippen LogP contribution in [0.2, 0.25) is 25.1 Å². The molecule has 16 heteroatoms. The van der Waals surface area contributed by atoms with E-state index in [0.29, 0.717) is 12.1 Å². The molecule has 0 N–H and O–H groups in total. The number of anilines is 2. The molecule has 3 aromatic carbocycles. The van der Waals surface area contributed by atoms with Gasteiger partial charge in [0.25, 0.3) is 5.69 Å². The van der Waals surface area contributed by atoms with Crippen molar-refractivity contribution in [1.29, 1.82) is 0 Å². The van der Waals surface area contributed by atoms with E-state index in [4.69, 9.17) is 58.0 Å². The smallest absolute Gasteiger partial charge is 0.258 e. The molecule has 3 aromatic rings. The Hall–Kier alpha value is -3.09. The van der Waals surface area contributed by atoms with Crippen LogP contribution in [-0.2, 0) is 0 Å². The third kappa shape index (κ3) is 4.74. The van der Waals surface area contributed by atoms with E-state index < -0.39 is 37.5 Å². The van der Waals surface area contributed by atoms with Crippen LogP contribution in [0.5, 0.6) is 0 Å². The van der Waals surface area contributed by atoms with Crippen LogP contribution in [0.25, 0.3) is 0 Å². The number of hydrogen-bond donors (Lipinski definition) is 0. The van der Waals surface area contributed by atoms with Crippen molar-refractivity contribution >= 4 is 92.1 Å². The molecule has 1 radical (unpaired) electrons. The van der Waals surface area contributed by atoms with E-state index in [-0.39, 0.29) is 36.5 Å². The topological polar surface area (TPSA) is 147 Å². The van der Waals surface area contributed by atoms with E-state index in [9.17, 15) is 30.3 Å². The Labute approximate surface area is 214 Å². The standard InChI is InChI=1S/C18H7Cl5N5O6/c19-12-13(20)15(22)18(16(23)14(12)21)25(8-4-2-1-3-5-8)24-17-10(27(31)32)6-9(26(29)30)7-11(17)28(33)34/h1-7H. The predicted molar refractivity (Wildman–Crippen MR) is 128 cm³/mol. The van der Waals surface area contributed by atoms with Gasteiger partial charge in [0.05, 0.1) is 57.7 Å². The maximum atomic E-state index is 11.7. The first kappa shape index (κ1) is 25.5. The van der Waals surface area contributed by atoms with Crippen LogP contribution in [0, 0.1) is 30.3 Å². The molecule has 0 atom stereocenters. The summed E-state index contributed by atoms with van der Waals surface area (Å²) in [4.78, 5) is 31.4. The first-order chi connectivity index (χ1) is 16.0. The minimum Gasteiger partial charge on any atom is -0.258 e. The zero-order chi connectivity index (χ0) is 25.3. The van der Waals surface area contributed by atoms with Crippen molar-refractivity contribution in [1.82, 2.24) is 5.43 Å². The molecule has 34 heavy (non-hydrogen) atoms. The number of para-hydroxylation sites is 1. The third-order valence-electron chi connectivity index (χ3n) is 4.26. The molecule has 0 spiro atoms. The fourth-order valence-electron chi connectivity index (χ4n) is 2.76. The molecule has 0 heterocycles. The van der Waals surface area contributed by atoms with Gasteiger partial charge < -0.3 is 0 Å². The summed E-state index contributed by atoms with van der Waals surface area (Å²) in [6, 6.07) is 8.82. The largest absolute Gasteiger partial charge is 0.310 e. The Bertz CT molecular complexity index is 1280. The Morgan fingerprint density at radius 1 is 0.676 bits per heavy atom. The Morgan fingerprint density at radius 3 is 1.53 bits per heavy atom. The molecule has 0 aliphatic heterocycles. The van der Waals surface area contributed by atoms with Crippen LogP contribution in [0.1, 0.15) is 0 Å². The Morgan fingerprint density at radius 2 is 1.12 bits per heavy atom. The highest BCUT2D eigenvalue weighted by molar-refractivity contribution is 6.56. The number of rotatable bonds is 7. The lowest BCUT2D eigenvalue weighted by atomic mass is 10.2. The van der Waals surface area contributed by atoms with Gasteiger partial charge in [-0.05, 0) is 12.1 Å². The summed E-state index contributed by atoms with van der Waals surface area (Å²) in [5.41, 5.74) is 0.333. The van der Waals surface area contributed by atoms with Crippen LogP contribution in [0.3, 0.4) is 0 Å². The van der Waals surface area contributed by atoms with Crippen LogP contribution in [0.4, 0.5) is 34.1 Å². The molecule has 0 aliphatic carbocycles. The van der Waals surface area contributed by atoms with Crippen molar-refractivity contribution in [3.05, 3.63) is 97.9 Å². The summed E-state index contributed by atoms with van der Waals surface area (Å²) >= 11 is 31.0. The maximum absolute atomic E-state index is 11.7. The monoisotopic (exact) mass is 564 g/mol. The molecule has 0 saturated carbocycles. The average molecular weight is 567 g/mol. The van der Waals surface area contributed by atoms with Crippen LogP contribution in [0.15, 0.2) is 42.5 Å². The van der Waals surface area contributed by atoms with Crippen molar-refractivity contribution in [2.45, 2.75) is 0 Å². The van der Waals surface area contributed by atoms with Crippen molar-refractivity contribution in [2.75, 3.05) is 5.01 Å². The molecule has 0 saturated heterocycles. The average Bonchev–Trinajstić information content (AvgIpc) is 2.80. The second-order valence-corrected chi connectivity index (χ2v) is 8.16. The number of non-ortho nitro benzene ring substituents is 1. The van der Waals surface area contributed by atoms with Gasteiger partial charge in [0.1, 0.15) is 5.69 Å². The fraction of sp³-hybridized carbons (Fsp3) is 0. The predicted octanol–water partition coefficient (Wildman–Crippen LogP) is 7.67. The minimum atomic E-state index is -1.05. The molecule has 175 valence electrons. The van der Waals surface area contributed by atoms with E-state index in [1.54, 1.807) is 18.2 Å². The first-order valence-electron chi connectivity index (χ1n) is 8.65. The van der Waals surface area contributed by atoms with Crippen molar-refractivity contribution in [3.63, 3.8) is 0 Å². The SMILES string of the molecule is O=[N+]([O-])c1cc([N+](=O)[O-])c([N]N(c2ccccc2)c2c(Cl)c(Cl)c(Cl)c(Cl)c2Cl)c([N+](=O)[O-])c1. The maximum Gasteiger partial charge on any atom is 0.310 e. The van der Waals surface area contributed by atoms with Gasteiger partial charge in [-0.15, -0.1) is 0 Å². The van der Waals surface area contributed by atoms with E-state index in [1.165, 1.54) is 12.1 Å². The molecule has 0 aliphatic rings. The quantitative estimate of drug-likeness (QED) is 0.123. The Balaban J connectivity index is 2.36. The normalized spacial score (nSPS) is 10.6. The second-order valence-electron chi connectivity index (χ2n) is 6.27. The lowest BCUT2D eigenvalue weighted by molar-refractivity contribution is -0.402. The number of hydrogen-bond acceptors (Lipinski definition) is 7. The number of nitro groups is 3. The number of halogens is 5. The van der Waals surface area contributed by atoms with Gasteiger partial charge in [-0.2, -0.15) is 5.43 Å². The van der Waals surface area contributed by atoms with Gasteiger partial charge in [0, 0.05) is 0 Å². The minimum absolute atomic E-state index is 0.178. The van der Waals surface area contributed by atoms with Crippen molar-refractivity contribution in [3.8, 4) is 0 Å². The van der Waals surface area contributed by atoms with E-state index in [2.05, 4.69) is 5.43 Å². The lowest BCUT2D eigenvalue weighted by Crippen LogP contribution is -2.25. The molecule has 0 bridgehead atoms. The molecule has 0 aromatic heterocycles. The second kappa shape index (κ2) is 10.0. The summed E-state index contributed by atoms with van der Waals surface area (Å²) in [6.45, 7) is 0. The molecular weight excluding hydrogens is 559 g/mol. The first-order valence-corrected chi connectivity index (χ1v) is 10.5. The van der Waals surface area contributed by atoms with Gasteiger partial charge in [0.15, 0.2) is 0 Å². The van der Waals surface area contributed by atoms with Gasteiger partial charge in [0.2, 0.25) is 5.69 Å². The molecule has 0 fully saturated rings. The summed E-state index contributed by atoms with van der Waals surface area (Å²) in [6.07, 6.45) is 0. The summed E-state index contributed by atoms with van der Waals surface area (Å²) in [5, 5.41) is 34.3. The van der Waals surface area contributed by atoms with Crippen molar-refractivity contribution < 1.29 is 14.8 Å². The lowest BCUT2D eigenvalue weighted by Gasteiger charge is -2.26. The van der Waals surface area contributed by atoms with Gasteiger partial charge in [-0.1, -0.05) is 76.2 Å². The highest BCUT2D eigenvalue weighted by atomic mass is 35.5. The van der Waals surface area contributed by atoms with Crippen LogP contribution < -0.4 is 10.4 Å². The fourth-order valence-corrected chi connectivity index (χ4v) is 4.05. The molecule has 3 rings (SSSR count). The highest BCUT2D eigenvalue weighted by Crippen LogP contribution is 2.51. The summed E-state index contributed by atoms with van der Waals surface area (Å²) < 4.78 is 0. The molecular formula is C18H7Cl5N5O6. The zero-order valence-corrected chi connectivity index (χ0v) is 19.9. The molecule has 0 amide bonds. The van der Waals surface area contributed by atoms with Crippen LogP contribution in [-0.4, -0.2) is 14.8 Å². The van der Waals surface area contributed by atoms with Gasteiger partial charge >= 0.3 is 11.4 Å². The van der Waals surface area contributed by atoms with E-state index in [0.717, 1.165) is 5.01 Å². The summed E-state index contributed by atoms with van der Waals surface area (Å²) in [7, 11) is 0. The van der Waals surface area contributed by atoms with Crippen LogP contribution >= 0.6 is 58.0 Å². The Kier molecular flexibility index (Phi) is 7.54. The number of benzene rings is 3. The number of nitrogens with zero attached hydrogens (tertiary/aromatic N) is 5. The third-order valence-corrected chi connectivity index (χ3v) is 6.51. The summed E-state index contributed by atoms with van der Waals surface area (Å²) in [5.74, 6) is 0.